The zero-order valence-corrected chi connectivity index (χ0v) is 14.9. The Bertz CT molecular complexity index is 839. The summed E-state index contributed by atoms with van der Waals surface area (Å²) in [5.74, 6) is -12.8. The molecule has 0 atom stereocenters. The van der Waals surface area contributed by atoms with Gasteiger partial charge in [-0.05, 0) is 25.7 Å². The van der Waals surface area contributed by atoms with Gasteiger partial charge in [-0.2, -0.15) is 0 Å². The highest BCUT2D eigenvalue weighted by atomic mass is 32.1. The Morgan fingerprint density at radius 2 is 1.56 bits per heavy atom. The van der Waals surface area contributed by atoms with Crippen LogP contribution in [0.25, 0.3) is 0 Å². The van der Waals surface area contributed by atoms with E-state index in [0.717, 1.165) is 11.3 Å². The van der Waals surface area contributed by atoms with Gasteiger partial charge in [0, 0.05) is 12.3 Å². The van der Waals surface area contributed by atoms with E-state index in [4.69, 9.17) is 4.74 Å². The summed E-state index contributed by atoms with van der Waals surface area (Å²) in [4.78, 5) is 26.7. The largest absolute Gasteiger partial charge is 0.466 e. The topological polar surface area (TPSA) is 56.3 Å². The Labute approximate surface area is 155 Å². The number of carbonyl (C=O) groups is 2. The van der Waals surface area contributed by atoms with Crippen LogP contribution in [0.5, 0.6) is 0 Å². The van der Waals surface area contributed by atoms with Gasteiger partial charge < -0.3 is 4.74 Å². The molecule has 1 aromatic heterocycles. The molecule has 0 radical (unpaired) electrons. The van der Waals surface area contributed by atoms with E-state index in [9.17, 15) is 31.5 Å². The number of ether oxygens (including phenoxy) is 1. The van der Waals surface area contributed by atoms with Gasteiger partial charge in [0.2, 0.25) is 11.6 Å². The number of thiazole rings is 1. The standard InChI is InChI=1S/C17H14F5NO3S/c1-8(24)26-6-4-2-3-5-10-23-9(7-27-10)17(25)11-12(18)14(20)16(22)15(21)13(11)19/h7H,2-6H2,1H3. The molecule has 0 aliphatic heterocycles. The fourth-order valence-electron chi connectivity index (χ4n) is 2.23. The summed E-state index contributed by atoms with van der Waals surface area (Å²) >= 11 is 1.04. The molecule has 2 aromatic rings. The third kappa shape index (κ3) is 4.88. The van der Waals surface area contributed by atoms with Crippen LogP contribution in [-0.2, 0) is 16.0 Å². The highest BCUT2D eigenvalue weighted by Crippen LogP contribution is 2.26. The summed E-state index contributed by atoms with van der Waals surface area (Å²) < 4.78 is 71.8. The number of hydrogen-bond donors (Lipinski definition) is 0. The molecule has 0 spiro atoms. The maximum absolute atomic E-state index is 13.7. The molecule has 0 aliphatic rings. The Hall–Kier alpha value is -2.36. The van der Waals surface area contributed by atoms with Crippen molar-refractivity contribution < 1.29 is 36.3 Å². The number of hydrogen-bond acceptors (Lipinski definition) is 5. The molecule has 0 fully saturated rings. The van der Waals surface area contributed by atoms with Crippen LogP contribution in [0.1, 0.15) is 47.2 Å². The molecule has 0 amide bonds. The molecule has 2 rings (SSSR count). The molecule has 0 bridgehead atoms. The minimum atomic E-state index is -2.32. The van der Waals surface area contributed by atoms with Gasteiger partial charge in [-0.3, -0.25) is 9.59 Å². The van der Waals surface area contributed by atoms with E-state index in [2.05, 4.69) is 4.98 Å². The van der Waals surface area contributed by atoms with Crippen LogP contribution in [0.4, 0.5) is 22.0 Å². The summed E-state index contributed by atoms with van der Waals surface area (Å²) in [5, 5.41) is 1.68. The number of halogens is 5. The lowest BCUT2D eigenvalue weighted by molar-refractivity contribution is -0.141. The second kappa shape index (κ2) is 9.03. The van der Waals surface area contributed by atoms with E-state index in [1.165, 1.54) is 12.3 Å². The van der Waals surface area contributed by atoms with E-state index in [-0.39, 0.29) is 12.6 Å². The number of aromatic nitrogens is 1. The predicted molar refractivity (Wildman–Crippen MR) is 86.0 cm³/mol. The maximum Gasteiger partial charge on any atom is 0.302 e. The molecule has 1 heterocycles. The van der Waals surface area contributed by atoms with Crippen LogP contribution < -0.4 is 0 Å². The van der Waals surface area contributed by atoms with Crippen molar-refractivity contribution in [1.29, 1.82) is 0 Å². The predicted octanol–water partition coefficient (Wildman–Crippen LogP) is 4.35. The molecule has 146 valence electrons. The fraction of sp³-hybridized carbons (Fsp3) is 0.353. The Kier molecular flexibility index (Phi) is 7.00. The Morgan fingerprint density at radius 3 is 2.15 bits per heavy atom. The number of carbonyl (C=O) groups excluding carboxylic acids is 2. The number of nitrogens with zero attached hydrogens (tertiary/aromatic N) is 1. The summed E-state index contributed by atoms with van der Waals surface area (Å²) in [6.45, 7) is 1.59. The first-order chi connectivity index (χ1) is 12.7. The van der Waals surface area contributed by atoms with Crippen LogP contribution in [0.2, 0.25) is 0 Å². The molecule has 0 aliphatic carbocycles. The Balaban J connectivity index is 2.05. The first kappa shape index (κ1) is 20.9. The van der Waals surface area contributed by atoms with Gasteiger partial charge in [0.1, 0.15) is 11.3 Å². The summed E-state index contributed by atoms with van der Waals surface area (Å²) in [6.07, 6.45) is 2.47. The van der Waals surface area contributed by atoms with Crippen molar-refractivity contribution in [3.05, 3.63) is 50.7 Å². The van der Waals surface area contributed by atoms with Gasteiger partial charge in [0.25, 0.3) is 0 Å². The smallest absolute Gasteiger partial charge is 0.302 e. The average Bonchev–Trinajstić information content (AvgIpc) is 3.10. The van der Waals surface area contributed by atoms with E-state index in [1.54, 1.807) is 0 Å². The molecule has 0 saturated carbocycles. The van der Waals surface area contributed by atoms with Crippen LogP contribution in [0.15, 0.2) is 5.38 Å². The third-order valence-electron chi connectivity index (χ3n) is 3.56. The molecule has 0 saturated heterocycles. The zero-order chi connectivity index (χ0) is 20.1. The van der Waals surface area contributed by atoms with Crippen LogP contribution in [-0.4, -0.2) is 23.3 Å². The molecular weight excluding hydrogens is 393 g/mol. The lowest BCUT2D eigenvalue weighted by Gasteiger charge is -2.05. The van der Waals surface area contributed by atoms with Gasteiger partial charge >= 0.3 is 5.97 Å². The van der Waals surface area contributed by atoms with Crippen molar-refractivity contribution in [3.63, 3.8) is 0 Å². The molecule has 10 heteroatoms. The normalized spacial score (nSPS) is 10.9. The first-order valence-electron chi connectivity index (χ1n) is 7.88. The lowest BCUT2D eigenvalue weighted by Crippen LogP contribution is -2.14. The van der Waals surface area contributed by atoms with E-state index in [1.807, 2.05) is 0 Å². The van der Waals surface area contributed by atoms with E-state index in [0.29, 0.717) is 30.7 Å². The second-order valence-electron chi connectivity index (χ2n) is 5.55. The maximum atomic E-state index is 13.7. The number of aryl methyl sites for hydroxylation is 1. The SMILES string of the molecule is CC(=O)OCCCCCc1nc(C(=O)c2c(F)c(F)c(F)c(F)c2F)cs1. The second-order valence-corrected chi connectivity index (χ2v) is 6.49. The van der Waals surface area contributed by atoms with Gasteiger partial charge in [-0.1, -0.05) is 0 Å². The van der Waals surface area contributed by atoms with Crippen molar-refractivity contribution in [2.75, 3.05) is 6.61 Å². The number of unbranched alkanes of at least 4 members (excludes halogenated alkanes) is 2. The number of rotatable bonds is 8. The summed E-state index contributed by atoms with van der Waals surface area (Å²) in [6, 6.07) is 0. The van der Waals surface area contributed by atoms with Crippen LogP contribution >= 0.6 is 11.3 Å². The summed E-state index contributed by atoms with van der Waals surface area (Å²) in [7, 11) is 0. The highest BCUT2D eigenvalue weighted by molar-refractivity contribution is 7.09. The van der Waals surface area contributed by atoms with Crippen LogP contribution in [0.3, 0.4) is 0 Å². The fourth-order valence-corrected chi connectivity index (χ4v) is 3.05. The van der Waals surface area contributed by atoms with Gasteiger partial charge in [0.15, 0.2) is 23.3 Å². The summed E-state index contributed by atoms with van der Waals surface area (Å²) in [5.41, 5.74) is -1.91. The zero-order valence-electron chi connectivity index (χ0n) is 14.1. The van der Waals surface area contributed by atoms with Crippen molar-refractivity contribution >= 4 is 23.1 Å². The molecule has 27 heavy (non-hydrogen) atoms. The molecule has 0 unspecified atom stereocenters. The number of esters is 1. The van der Waals surface area contributed by atoms with Crippen molar-refractivity contribution in [3.8, 4) is 0 Å². The minimum absolute atomic E-state index is 0.289. The highest BCUT2D eigenvalue weighted by Gasteiger charge is 2.31. The third-order valence-corrected chi connectivity index (χ3v) is 4.47. The van der Waals surface area contributed by atoms with Gasteiger partial charge in [-0.15, -0.1) is 11.3 Å². The molecule has 1 aromatic carbocycles. The van der Waals surface area contributed by atoms with Crippen molar-refractivity contribution in [2.24, 2.45) is 0 Å². The monoisotopic (exact) mass is 407 g/mol. The number of benzene rings is 1. The average molecular weight is 407 g/mol. The van der Waals surface area contributed by atoms with Crippen molar-refractivity contribution in [1.82, 2.24) is 4.98 Å². The first-order valence-corrected chi connectivity index (χ1v) is 8.75. The Morgan fingerprint density at radius 1 is 0.963 bits per heavy atom. The van der Waals surface area contributed by atoms with E-state index < -0.39 is 46.1 Å². The minimum Gasteiger partial charge on any atom is -0.466 e. The molecular formula is C17H14F5NO3S. The number of ketones is 1. The van der Waals surface area contributed by atoms with E-state index >= 15 is 0 Å². The van der Waals surface area contributed by atoms with Gasteiger partial charge in [-0.25, -0.2) is 26.9 Å². The van der Waals surface area contributed by atoms with Gasteiger partial charge in [0.05, 0.1) is 11.6 Å². The molecule has 0 N–H and O–H groups in total. The quantitative estimate of drug-likeness (QED) is 0.163. The lowest BCUT2D eigenvalue weighted by atomic mass is 10.1. The van der Waals surface area contributed by atoms with Crippen molar-refractivity contribution in [2.45, 2.75) is 32.6 Å². The van der Waals surface area contributed by atoms with Crippen LogP contribution in [0, 0.1) is 29.1 Å². The molecule has 4 nitrogen and oxygen atoms in total.